The van der Waals surface area contributed by atoms with E-state index in [2.05, 4.69) is 46.1 Å². The van der Waals surface area contributed by atoms with Gasteiger partial charge in [-0.25, -0.2) is 18.4 Å². The summed E-state index contributed by atoms with van der Waals surface area (Å²) in [6.07, 6.45) is -2.90. The van der Waals surface area contributed by atoms with Crippen LogP contribution in [0.2, 0.25) is 0 Å². The highest BCUT2D eigenvalue weighted by Gasteiger charge is 2.38. The molecule has 2 aromatic heterocycles. The maximum absolute atomic E-state index is 14.7. The van der Waals surface area contributed by atoms with Gasteiger partial charge in [0.15, 0.2) is 23.0 Å². The first-order valence-electron chi connectivity index (χ1n) is 10.7. The highest BCUT2D eigenvalue weighted by molar-refractivity contribution is 5.91. The van der Waals surface area contributed by atoms with Crippen LogP contribution < -0.4 is 10.2 Å². The summed E-state index contributed by atoms with van der Waals surface area (Å²) in [5.41, 5.74) is -2.38. The summed E-state index contributed by atoms with van der Waals surface area (Å²) in [7, 11) is 1.51. The second-order valence-corrected chi connectivity index (χ2v) is 9.64. The maximum Gasteiger partial charge on any atom is 0.419 e. The zero-order valence-electron chi connectivity index (χ0n) is 19.1. The standard InChI is InChI=1S/C22H25F5N6O/c1-21(2,3)8-11-9-28-5-6-33(11)20-29-10-13-17(31-32(4)19(13)30-20)12-7-14(22(25,26)27)16(24)18(34)15(12)23/h7,10-11,28,34H,5-6,8-9H2,1-4H3/t11-/m0/s1. The number of phenols is 1. The van der Waals surface area contributed by atoms with Gasteiger partial charge in [-0.15, -0.1) is 0 Å². The van der Waals surface area contributed by atoms with Crippen molar-refractivity contribution in [1.29, 1.82) is 0 Å². The number of nitrogens with zero attached hydrogens (tertiary/aromatic N) is 5. The molecule has 0 bridgehead atoms. The summed E-state index contributed by atoms with van der Waals surface area (Å²) in [6.45, 7) is 8.55. The lowest BCUT2D eigenvalue weighted by Gasteiger charge is -2.39. The Bertz CT molecular complexity index is 1230. The van der Waals surface area contributed by atoms with Crippen LogP contribution in [0.15, 0.2) is 12.3 Å². The number of piperazine rings is 1. The van der Waals surface area contributed by atoms with Gasteiger partial charge in [0.2, 0.25) is 5.95 Å². The summed E-state index contributed by atoms with van der Waals surface area (Å²) < 4.78 is 69.6. The molecular formula is C22H25F5N6O. The first-order chi connectivity index (χ1) is 15.8. The first-order valence-corrected chi connectivity index (χ1v) is 10.7. The first kappa shape index (κ1) is 24.1. The number of alkyl halides is 3. The number of phenolic OH excluding ortho intramolecular Hbond substituents is 1. The Morgan fingerprint density at radius 2 is 1.88 bits per heavy atom. The molecule has 12 heteroatoms. The van der Waals surface area contributed by atoms with Crippen molar-refractivity contribution in [2.75, 3.05) is 24.5 Å². The number of aromatic hydroxyl groups is 1. The highest BCUT2D eigenvalue weighted by atomic mass is 19.4. The van der Waals surface area contributed by atoms with E-state index in [1.165, 1.54) is 17.9 Å². The fourth-order valence-corrected chi connectivity index (χ4v) is 4.28. The summed E-state index contributed by atoms with van der Waals surface area (Å²) >= 11 is 0. The lowest BCUT2D eigenvalue weighted by Crippen LogP contribution is -2.53. The summed E-state index contributed by atoms with van der Waals surface area (Å²) in [5.74, 6) is -4.90. The third-order valence-corrected chi connectivity index (χ3v) is 5.76. The molecule has 0 spiro atoms. The molecule has 2 N–H and O–H groups in total. The Hall–Kier alpha value is -3.02. The van der Waals surface area contributed by atoms with Crippen molar-refractivity contribution in [3.63, 3.8) is 0 Å². The topological polar surface area (TPSA) is 79.1 Å². The van der Waals surface area contributed by atoms with Crippen LogP contribution in [-0.4, -0.2) is 50.5 Å². The molecule has 1 aliphatic heterocycles. The number of aromatic nitrogens is 4. The summed E-state index contributed by atoms with van der Waals surface area (Å²) in [6, 6.07) is 0.426. The maximum atomic E-state index is 14.7. The Morgan fingerprint density at radius 3 is 2.53 bits per heavy atom. The predicted molar refractivity (Wildman–Crippen MR) is 116 cm³/mol. The van der Waals surface area contributed by atoms with Crippen LogP contribution in [0.1, 0.15) is 32.8 Å². The van der Waals surface area contributed by atoms with Gasteiger partial charge in [-0.3, -0.25) is 0 Å². The minimum Gasteiger partial charge on any atom is -0.503 e. The lowest BCUT2D eigenvalue weighted by atomic mass is 9.87. The predicted octanol–water partition coefficient (Wildman–Crippen LogP) is 4.25. The number of aryl methyl sites for hydroxylation is 1. The van der Waals surface area contributed by atoms with Crippen molar-refractivity contribution >= 4 is 17.0 Å². The smallest absolute Gasteiger partial charge is 0.419 e. The SMILES string of the molecule is Cn1nc(-c2cc(C(F)(F)F)c(F)c(O)c2F)c2cnc(N3CCNC[C@@H]3CC(C)(C)C)nc21. The Balaban J connectivity index is 1.81. The summed E-state index contributed by atoms with van der Waals surface area (Å²) in [4.78, 5) is 11.0. The van der Waals surface area contributed by atoms with Crippen molar-refractivity contribution in [3.8, 4) is 17.0 Å². The van der Waals surface area contributed by atoms with Crippen molar-refractivity contribution in [2.24, 2.45) is 12.5 Å². The summed E-state index contributed by atoms with van der Waals surface area (Å²) in [5, 5.41) is 17.3. The number of fused-ring (bicyclic) bond motifs is 1. The van der Waals surface area contributed by atoms with Gasteiger partial charge in [0.05, 0.1) is 10.9 Å². The average molecular weight is 484 g/mol. The van der Waals surface area contributed by atoms with Gasteiger partial charge < -0.3 is 15.3 Å². The van der Waals surface area contributed by atoms with E-state index in [4.69, 9.17) is 0 Å². The van der Waals surface area contributed by atoms with E-state index in [1.807, 2.05) is 0 Å². The zero-order chi connectivity index (χ0) is 25.0. The van der Waals surface area contributed by atoms with Crippen LogP contribution in [-0.2, 0) is 13.2 Å². The molecule has 0 unspecified atom stereocenters. The van der Waals surface area contributed by atoms with E-state index in [-0.39, 0.29) is 28.2 Å². The number of rotatable bonds is 3. The van der Waals surface area contributed by atoms with Crippen molar-refractivity contribution in [1.82, 2.24) is 25.1 Å². The normalized spacial score (nSPS) is 17.6. The fraction of sp³-hybridized carbons (Fsp3) is 0.500. The molecule has 3 aromatic rings. The van der Waals surface area contributed by atoms with Crippen molar-refractivity contribution in [2.45, 2.75) is 39.4 Å². The molecule has 0 amide bonds. The van der Waals surface area contributed by atoms with Gasteiger partial charge >= 0.3 is 6.18 Å². The quantitative estimate of drug-likeness (QED) is 0.542. The Kier molecular flexibility index (Phi) is 5.91. The van der Waals surface area contributed by atoms with Crippen LogP contribution in [0, 0.1) is 17.0 Å². The van der Waals surface area contributed by atoms with Crippen LogP contribution in [0.25, 0.3) is 22.3 Å². The van der Waals surface area contributed by atoms with Gasteiger partial charge in [0.1, 0.15) is 5.69 Å². The second kappa shape index (κ2) is 8.33. The van der Waals surface area contributed by atoms with E-state index in [1.54, 1.807) is 0 Å². The minimum absolute atomic E-state index is 0.0596. The van der Waals surface area contributed by atoms with E-state index in [0.717, 1.165) is 19.5 Å². The lowest BCUT2D eigenvalue weighted by molar-refractivity contribution is -0.140. The molecule has 7 nitrogen and oxygen atoms in total. The molecule has 1 aliphatic rings. The van der Waals surface area contributed by atoms with Gasteiger partial charge in [-0.2, -0.15) is 23.3 Å². The van der Waals surface area contributed by atoms with Crippen LogP contribution >= 0.6 is 0 Å². The van der Waals surface area contributed by atoms with Crippen molar-refractivity contribution in [3.05, 3.63) is 29.5 Å². The molecule has 1 aromatic carbocycles. The van der Waals surface area contributed by atoms with Crippen LogP contribution in [0.4, 0.5) is 27.9 Å². The van der Waals surface area contributed by atoms with E-state index in [0.29, 0.717) is 18.6 Å². The van der Waals surface area contributed by atoms with Crippen LogP contribution in [0.3, 0.4) is 0 Å². The monoisotopic (exact) mass is 484 g/mol. The molecule has 0 aliphatic carbocycles. The fourth-order valence-electron chi connectivity index (χ4n) is 4.28. The molecule has 0 radical (unpaired) electrons. The molecular weight excluding hydrogens is 459 g/mol. The second-order valence-electron chi connectivity index (χ2n) is 9.64. The molecule has 0 saturated carbocycles. The minimum atomic E-state index is -5.14. The Morgan fingerprint density at radius 1 is 1.18 bits per heavy atom. The van der Waals surface area contributed by atoms with E-state index in [9.17, 15) is 27.1 Å². The van der Waals surface area contributed by atoms with E-state index < -0.39 is 34.7 Å². The average Bonchev–Trinajstić information content (AvgIpc) is 3.06. The number of hydrogen-bond donors (Lipinski definition) is 2. The molecule has 184 valence electrons. The molecule has 1 fully saturated rings. The van der Waals surface area contributed by atoms with Gasteiger partial charge in [-0.1, -0.05) is 20.8 Å². The van der Waals surface area contributed by atoms with E-state index >= 15 is 0 Å². The largest absolute Gasteiger partial charge is 0.503 e. The highest BCUT2D eigenvalue weighted by Crippen LogP contribution is 2.41. The molecule has 4 rings (SSSR count). The number of anilines is 1. The third-order valence-electron chi connectivity index (χ3n) is 5.76. The van der Waals surface area contributed by atoms with Crippen LogP contribution in [0.5, 0.6) is 5.75 Å². The third kappa shape index (κ3) is 4.38. The number of halogens is 5. The number of benzene rings is 1. The van der Waals surface area contributed by atoms with Gasteiger partial charge in [-0.05, 0) is 17.9 Å². The zero-order valence-corrected chi connectivity index (χ0v) is 19.1. The van der Waals surface area contributed by atoms with Gasteiger partial charge in [0.25, 0.3) is 0 Å². The molecule has 3 heterocycles. The number of nitrogens with one attached hydrogen (secondary N) is 1. The number of hydrogen-bond acceptors (Lipinski definition) is 6. The molecule has 1 saturated heterocycles. The van der Waals surface area contributed by atoms with Gasteiger partial charge in [0, 0.05) is 44.5 Å². The van der Waals surface area contributed by atoms with Crippen molar-refractivity contribution < 1.29 is 27.1 Å². The molecule has 34 heavy (non-hydrogen) atoms. The molecule has 1 atom stereocenters. The Labute approximate surface area is 192 Å².